The summed E-state index contributed by atoms with van der Waals surface area (Å²) in [5.41, 5.74) is 0.549. The molecule has 2 aliphatic rings. The number of likely N-dealkylation sites (tertiary alicyclic amines) is 1. The topological polar surface area (TPSA) is 68.8 Å². The Hall–Kier alpha value is -2.18. The van der Waals surface area contributed by atoms with Crippen LogP contribution < -0.4 is 0 Å². The van der Waals surface area contributed by atoms with E-state index in [1.807, 2.05) is 15.8 Å². The summed E-state index contributed by atoms with van der Waals surface area (Å²) in [5, 5.41) is 13.1. The van der Waals surface area contributed by atoms with Crippen molar-refractivity contribution in [3.05, 3.63) is 29.6 Å². The van der Waals surface area contributed by atoms with Gasteiger partial charge in [0.25, 0.3) is 5.91 Å². The minimum Gasteiger partial charge on any atom is -0.338 e. The van der Waals surface area contributed by atoms with Crippen LogP contribution >= 0.6 is 0 Å². The monoisotopic (exact) mass is 342 g/mol. The van der Waals surface area contributed by atoms with Gasteiger partial charge in [0.15, 0.2) is 0 Å². The maximum absolute atomic E-state index is 12.9. The Kier molecular flexibility index (Phi) is 3.89. The zero-order valence-corrected chi connectivity index (χ0v) is 15.3. The van der Waals surface area contributed by atoms with Crippen molar-refractivity contribution in [1.29, 1.82) is 0 Å². The van der Waals surface area contributed by atoms with E-state index in [9.17, 15) is 4.79 Å². The number of piperidine rings is 1. The van der Waals surface area contributed by atoms with E-state index in [1.165, 1.54) is 0 Å². The lowest BCUT2D eigenvalue weighted by atomic mass is 9.96. The first-order chi connectivity index (χ1) is 11.9. The van der Waals surface area contributed by atoms with Crippen LogP contribution in [-0.2, 0) is 18.5 Å². The molecule has 7 nitrogen and oxygen atoms in total. The van der Waals surface area contributed by atoms with Crippen LogP contribution in [0.15, 0.2) is 12.4 Å². The van der Waals surface area contributed by atoms with E-state index in [2.05, 4.69) is 40.6 Å². The fourth-order valence-electron chi connectivity index (χ4n) is 3.83. The largest absolute Gasteiger partial charge is 0.338 e. The van der Waals surface area contributed by atoms with Gasteiger partial charge >= 0.3 is 0 Å². The average Bonchev–Trinajstić information content (AvgIpc) is 3.29. The van der Waals surface area contributed by atoms with Crippen molar-refractivity contribution in [2.24, 2.45) is 0 Å². The highest BCUT2D eigenvalue weighted by Gasteiger charge is 2.31. The molecule has 1 fully saturated rings. The summed E-state index contributed by atoms with van der Waals surface area (Å²) >= 11 is 0. The highest BCUT2D eigenvalue weighted by molar-refractivity contribution is 5.93. The highest BCUT2D eigenvalue weighted by atomic mass is 16.2. The molecule has 0 bridgehead atoms. The number of hydrogen-bond donors (Lipinski definition) is 0. The number of aryl methyl sites for hydroxylation is 1. The predicted molar refractivity (Wildman–Crippen MR) is 93.4 cm³/mol. The smallest absolute Gasteiger partial charge is 0.257 e. The van der Waals surface area contributed by atoms with Gasteiger partial charge in [-0.1, -0.05) is 0 Å². The molecule has 1 amide bonds. The molecule has 0 unspecified atom stereocenters. The number of carbonyl (C=O) groups is 1. The average molecular weight is 342 g/mol. The maximum Gasteiger partial charge on any atom is 0.257 e. The summed E-state index contributed by atoms with van der Waals surface area (Å²) in [5.74, 6) is 2.52. The van der Waals surface area contributed by atoms with Crippen LogP contribution in [-0.4, -0.2) is 48.4 Å². The van der Waals surface area contributed by atoms with Crippen molar-refractivity contribution >= 4 is 5.91 Å². The molecule has 2 aromatic rings. The fourth-order valence-corrected chi connectivity index (χ4v) is 3.83. The third-order valence-corrected chi connectivity index (χ3v) is 5.23. The van der Waals surface area contributed by atoms with Crippen molar-refractivity contribution in [3.8, 4) is 0 Å². The second kappa shape index (κ2) is 5.97. The molecule has 25 heavy (non-hydrogen) atoms. The Bertz CT molecular complexity index is 784. The van der Waals surface area contributed by atoms with E-state index in [0.29, 0.717) is 5.56 Å². The third kappa shape index (κ3) is 2.96. The Balaban J connectivity index is 1.51. The standard InChI is InChI=1S/C18H26N6O/c1-18(2,3)24-12-14(10-19-24)17(25)22-8-4-6-13(11-22)16-21-20-15-7-5-9-23(15)16/h10,12-13H,4-9,11H2,1-3H3/t13-/m0/s1. The van der Waals surface area contributed by atoms with E-state index in [1.54, 1.807) is 6.20 Å². The normalized spacial score (nSPS) is 20.8. The number of fused-ring (bicyclic) bond motifs is 1. The zero-order valence-electron chi connectivity index (χ0n) is 15.3. The van der Waals surface area contributed by atoms with Crippen LogP contribution in [0, 0.1) is 0 Å². The van der Waals surface area contributed by atoms with Gasteiger partial charge in [0.05, 0.1) is 17.3 Å². The SMILES string of the molecule is CC(C)(C)n1cc(C(=O)N2CCC[C@H](c3nnc4n3CCC4)C2)cn1. The molecule has 7 heteroatoms. The molecule has 0 aromatic carbocycles. The minimum atomic E-state index is -0.120. The molecule has 2 aromatic heterocycles. The van der Waals surface area contributed by atoms with Crippen molar-refractivity contribution < 1.29 is 4.79 Å². The molecule has 2 aliphatic heterocycles. The second-order valence-corrected chi connectivity index (χ2v) is 8.16. The fraction of sp³-hybridized carbons (Fsp3) is 0.667. The van der Waals surface area contributed by atoms with Crippen molar-refractivity contribution in [1.82, 2.24) is 29.4 Å². The van der Waals surface area contributed by atoms with Crippen LogP contribution in [0.1, 0.15) is 68.0 Å². The van der Waals surface area contributed by atoms with E-state index < -0.39 is 0 Å². The van der Waals surface area contributed by atoms with E-state index >= 15 is 0 Å². The first kappa shape index (κ1) is 16.3. The van der Waals surface area contributed by atoms with E-state index in [0.717, 1.165) is 57.0 Å². The molecule has 0 N–H and O–H groups in total. The van der Waals surface area contributed by atoms with Gasteiger partial charge in [-0.3, -0.25) is 9.48 Å². The Morgan fingerprint density at radius 3 is 2.80 bits per heavy atom. The molecule has 4 heterocycles. The minimum absolute atomic E-state index is 0.0707. The number of nitrogens with zero attached hydrogens (tertiary/aromatic N) is 6. The molecule has 0 spiro atoms. The Morgan fingerprint density at radius 2 is 2.04 bits per heavy atom. The summed E-state index contributed by atoms with van der Waals surface area (Å²) in [4.78, 5) is 14.9. The first-order valence-corrected chi connectivity index (χ1v) is 9.20. The molecule has 134 valence electrons. The van der Waals surface area contributed by atoms with Crippen molar-refractivity contribution in [2.75, 3.05) is 13.1 Å². The summed E-state index contributed by atoms with van der Waals surface area (Å²) in [7, 11) is 0. The molecular weight excluding hydrogens is 316 g/mol. The van der Waals surface area contributed by atoms with Gasteiger partial charge in [0.1, 0.15) is 11.6 Å². The van der Waals surface area contributed by atoms with Crippen LogP contribution in [0.5, 0.6) is 0 Å². The van der Waals surface area contributed by atoms with E-state index in [4.69, 9.17) is 0 Å². The molecule has 1 atom stereocenters. The second-order valence-electron chi connectivity index (χ2n) is 8.16. The van der Waals surface area contributed by atoms with Gasteiger partial charge in [0, 0.05) is 38.2 Å². The van der Waals surface area contributed by atoms with Gasteiger partial charge in [-0.2, -0.15) is 5.10 Å². The summed E-state index contributed by atoms with van der Waals surface area (Å²) in [6.45, 7) is 8.78. The molecule has 1 saturated heterocycles. The van der Waals surface area contributed by atoms with Gasteiger partial charge in [-0.05, 0) is 40.0 Å². The predicted octanol–water partition coefficient (Wildman–Crippen LogP) is 2.20. The maximum atomic E-state index is 12.9. The van der Waals surface area contributed by atoms with Crippen LogP contribution in [0.25, 0.3) is 0 Å². The summed E-state index contributed by atoms with van der Waals surface area (Å²) < 4.78 is 4.11. The molecular formula is C18H26N6O. The molecule has 0 aliphatic carbocycles. The van der Waals surface area contributed by atoms with E-state index in [-0.39, 0.29) is 17.4 Å². The summed E-state index contributed by atoms with van der Waals surface area (Å²) in [6.07, 6.45) is 7.80. The number of carbonyl (C=O) groups excluding carboxylic acids is 1. The Morgan fingerprint density at radius 1 is 1.20 bits per heavy atom. The lowest BCUT2D eigenvalue weighted by Gasteiger charge is -2.32. The van der Waals surface area contributed by atoms with Crippen LogP contribution in [0.3, 0.4) is 0 Å². The number of hydrogen-bond acceptors (Lipinski definition) is 4. The molecule has 4 rings (SSSR count). The number of aromatic nitrogens is 5. The van der Waals surface area contributed by atoms with Crippen molar-refractivity contribution in [2.45, 2.75) is 64.5 Å². The molecule has 0 radical (unpaired) electrons. The molecule has 0 saturated carbocycles. The van der Waals surface area contributed by atoms with Crippen LogP contribution in [0.2, 0.25) is 0 Å². The van der Waals surface area contributed by atoms with Gasteiger partial charge < -0.3 is 9.47 Å². The lowest BCUT2D eigenvalue weighted by molar-refractivity contribution is 0.0703. The Labute approximate surface area is 148 Å². The van der Waals surface area contributed by atoms with Gasteiger partial charge in [-0.15, -0.1) is 10.2 Å². The zero-order chi connectivity index (χ0) is 17.6. The number of rotatable bonds is 2. The lowest BCUT2D eigenvalue weighted by Crippen LogP contribution is -2.39. The first-order valence-electron chi connectivity index (χ1n) is 9.20. The number of amides is 1. The quantitative estimate of drug-likeness (QED) is 0.839. The van der Waals surface area contributed by atoms with Gasteiger partial charge in [0.2, 0.25) is 0 Å². The third-order valence-electron chi connectivity index (χ3n) is 5.23. The summed E-state index contributed by atoms with van der Waals surface area (Å²) in [6, 6.07) is 0. The van der Waals surface area contributed by atoms with Crippen LogP contribution in [0.4, 0.5) is 0 Å². The van der Waals surface area contributed by atoms with Gasteiger partial charge in [-0.25, -0.2) is 0 Å². The van der Waals surface area contributed by atoms with Crippen molar-refractivity contribution in [3.63, 3.8) is 0 Å². The highest BCUT2D eigenvalue weighted by Crippen LogP contribution is 2.29.